The second-order valence-corrected chi connectivity index (χ2v) is 18.2. The Labute approximate surface area is 346 Å². The van der Waals surface area contributed by atoms with E-state index in [4.69, 9.17) is 18.5 Å². The van der Waals surface area contributed by atoms with Crippen LogP contribution >= 0.6 is 7.82 Å². The Hall–Kier alpha value is -1.28. The quantitative estimate of drug-likeness (QED) is 0.0215. The Morgan fingerprint density at radius 1 is 0.554 bits per heavy atom. The first-order valence-corrected chi connectivity index (χ1v) is 24.7. The van der Waals surface area contributed by atoms with Crippen molar-refractivity contribution in [3.05, 3.63) is 36.5 Å². The van der Waals surface area contributed by atoms with Crippen LogP contribution in [0.25, 0.3) is 0 Å². The number of hydrogen-bond donors (Lipinski definition) is 1. The summed E-state index contributed by atoms with van der Waals surface area (Å²) in [5, 5.41) is 0. The van der Waals surface area contributed by atoms with Crippen LogP contribution in [0.4, 0.5) is 0 Å². The normalized spacial score (nSPS) is 14.0. The van der Waals surface area contributed by atoms with Gasteiger partial charge in [-0.15, -0.1) is 0 Å². The predicted molar refractivity (Wildman–Crippen MR) is 238 cm³/mol. The molecule has 330 valence electrons. The summed E-state index contributed by atoms with van der Waals surface area (Å²) < 4.78 is 35.0. The third kappa shape index (κ3) is 43.8. The van der Waals surface area contributed by atoms with Crippen LogP contribution < -0.4 is 0 Å². The number of quaternary nitrogens is 1. The molecule has 0 spiro atoms. The molecule has 0 heterocycles. The van der Waals surface area contributed by atoms with Gasteiger partial charge in [0.1, 0.15) is 19.3 Å². The lowest BCUT2D eigenvalue weighted by Gasteiger charge is -2.24. The van der Waals surface area contributed by atoms with E-state index in [-0.39, 0.29) is 25.8 Å². The van der Waals surface area contributed by atoms with Crippen molar-refractivity contribution in [2.45, 2.75) is 206 Å². The smallest absolute Gasteiger partial charge is 0.457 e. The van der Waals surface area contributed by atoms with Crippen LogP contribution in [0.15, 0.2) is 36.5 Å². The van der Waals surface area contributed by atoms with Gasteiger partial charge in [0.2, 0.25) is 0 Å². The fourth-order valence-electron chi connectivity index (χ4n) is 6.32. The van der Waals surface area contributed by atoms with Crippen molar-refractivity contribution in [1.29, 1.82) is 0 Å². The molecule has 56 heavy (non-hydrogen) atoms. The van der Waals surface area contributed by atoms with E-state index in [0.29, 0.717) is 24.1 Å². The summed E-state index contributed by atoms with van der Waals surface area (Å²) in [5.41, 5.74) is 0. The van der Waals surface area contributed by atoms with Crippen molar-refractivity contribution >= 4 is 13.8 Å². The van der Waals surface area contributed by atoms with Crippen LogP contribution in [0.1, 0.15) is 200 Å². The van der Waals surface area contributed by atoms with Crippen molar-refractivity contribution in [3.63, 3.8) is 0 Å². The van der Waals surface area contributed by atoms with Gasteiger partial charge in [-0.1, -0.05) is 179 Å². The van der Waals surface area contributed by atoms with E-state index in [2.05, 4.69) is 50.3 Å². The number of phosphoric ester groups is 1. The summed E-state index contributed by atoms with van der Waals surface area (Å²) in [5.74, 6) is -0.320. The number of esters is 1. The highest BCUT2D eigenvalue weighted by Gasteiger charge is 2.26. The molecule has 0 bridgehead atoms. The van der Waals surface area contributed by atoms with E-state index in [9.17, 15) is 14.3 Å². The first-order chi connectivity index (χ1) is 27.1. The van der Waals surface area contributed by atoms with E-state index < -0.39 is 13.9 Å². The van der Waals surface area contributed by atoms with Crippen LogP contribution in [0.3, 0.4) is 0 Å². The molecule has 0 saturated carbocycles. The van der Waals surface area contributed by atoms with Gasteiger partial charge in [-0.2, -0.15) is 0 Å². The SMILES string of the molecule is CCCCCCC/C=C\C/C=C\C/C=C\CCCCCCCCCCC(=O)OC(COCCCCCCCCCCCCC)COP(=O)(O)OCC[N+](C)(C)C. The van der Waals surface area contributed by atoms with Gasteiger partial charge in [0, 0.05) is 13.0 Å². The Kier molecular flexibility index (Phi) is 39.6. The zero-order chi connectivity index (χ0) is 41.3. The molecule has 0 aromatic heterocycles. The number of carbonyl (C=O) groups excluding carboxylic acids is 1. The number of likely N-dealkylation sites (N-methyl/N-ethyl adjacent to an activating group) is 1. The summed E-state index contributed by atoms with van der Waals surface area (Å²) in [4.78, 5) is 22.9. The number of carbonyl (C=O) groups is 1. The second-order valence-electron chi connectivity index (χ2n) is 16.8. The molecule has 0 radical (unpaired) electrons. The van der Waals surface area contributed by atoms with Crippen LogP contribution in [0.5, 0.6) is 0 Å². The fourth-order valence-corrected chi connectivity index (χ4v) is 7.07. The molecule has 0 fully saturated rings. The molecule has 0 aromatic carbocycles. The van der Waals surface area contributed by atoms with Gasteiger partial charge in [-0.05, 0) is 51.4 Å². The topological polar surface area (TPSA) is 91.3 Å². The van der Waals surface area contributed by atoms with E-state index in [1.54, 1.807) is 0 Å². The maximum Gasteiger partial charge on any atom is 0.472 e. The molecule has 8 nitrogen and oxygen atoms in total. The molecule has 0 rings (SSSR count). The van der Waals surface area contributed by atoms with E-state index in [1.807, 2.05) is 21.1 Å². The van der Waals surface area contributed by atoms with Crippen LogP contribution in [-0.4, -0.2) is 75.6 Å². The number of ether oxygens (including phenoxy) is 2. The van der Waals surface area contributed by atoms with Gasteiger partial charge in [-0.3, -0.25) is 13.8 Å². The zero-order valence-electron chi connectivity index (χ0n) is 37.4. The minimum absolute atomic E-state index is 0.0877. The molecule has 0 aromatic rings. The highest BCUT2D eigenvalue weighted by atomic mass is 31.2. The summed E-state index contributed by atoms with van der Waals surface area (Å²) in [6.45, 7) is 5.61. The summed E-state index contributed by atoms with van der Waals surface area (Å²) >= 11 is 0. The predicted octanol–water partition coefficient (Wildman–Crippen LogP) is 13.8. The summed E-state index contributed by atoms with van der Waals surface area (Å²) in [6.07, 6.45) is 47.5. The molecule has 0 aliphatic heterocycles. The maximum absolute atomic E-state index is 12.7. The molecular formula is C47H91NO7P+. The van der Waals surface area contributed by atoms with Gasteiger partial charge in [0.05, 0.1) is 34.4 Å². The minimum atomic E-state index is -4.27. The fraction of sp³-hybridized carbons (Fsp3) is 0.851. The van der Waals surface area contributed by atoms with Crippen LogP contribution in [0.2, 0.25) is 0 Å². The number of allylic oxidation sites excluding steroid dienone is 6. The Morgan fingerprint density at radius 3 is 1.46 bits per heavy atom. The molecular weight excluding hydrogens is 721 g/mol. The van der Waals surface area contributed by atoms with Gasteiger partial charge in [0.25, 0.3) is 0 Å². The van der Waals surface area contributed by atoms with Crippen molar-refractivity contribution in [3.8, 4) is 0 Å². The number of hydrogen-bond acceptors (Lipinski definition) is 6. The third-order valence-corrected chi connectivity index (χ3v) is 10.9. The summed E-state index contributed by atoms with van der Waals surface area (Å²) in [7, 11) is 1.66. The van der Waals surface area contributed by atoms with Gasteiger partial charge >= 0.3 is 13.8 Å². The number of unbranched alkanes of at least 4 members (excludes halogenated alkanes) is 23. The van der Waals surface area contributed by atoms with Crippen molar-refractivity contribution in [2.75, 3.05) is 54.1 Å². The zero-order valence-corrected chi connectivity index (χ0v) is 38.3. The van der Waals surface area contributed by atoms with Crippen LogP contribution in [0, 0.1) is 0 Å². The maximum atomic E-state index is 12.7. The molecule has 0 aliphatic rings. The standard InChI is InChI=1S/C47H90NO7P/c1-6-8-10-12-14-16-18-19-20-21-22-23-24-25-26-27-28-29-30-32-34-36-38-40-47(49)55-46(45-54-56(50,51)53-43-41-48(3,4)5)44-52-42-39-37-35-33-31-17-15-13-11-9-7-2/h18-19,21-22,24-25,46H,6-17,20,23,26-45H2,1-5H3/p+1/b19-18-,22-21-,25-24-. The second kappa shape index (κ2) is 40.5. The highest BCUT2D eigenvalue weighted by Crippen LogP contribution is 2.43. The largest absolute Gasteiger partial charge is 0.472 e. The monoisotopic (exact) mass is 813 g/mol. The average Bonchev–Trinajstić information content (AvgIpc) is 3.15. The van der Waals surface area contributed by atoms with Crippen molar-refractivity contribution in [1.82, 2.24) is 0 Å². The minimum Gasteiger partial charge on any atom is -0.457 e. The molecule has 9 heteroatoms. The van der Waals surface area contributed by atoms with Crippen LogP contribution in [-0.2, 0) is 27.9 Å². The molecule has 0 saturated heterocycles. The summed E-state index contributed by atoms with van der Waals surface area (Å²) in [6, 6.07) is 0. The lowest BCUT2D eigenvalue weighted by Crippen LogP contribution is -2.37. The Balaban J connectivity index is 4.15. The average molecular weight is 813 g/mol. The number of rotatable bonds is 43. The van der Waals surface area contributed by atoms with Gasteiger partial charge < -0.3 is 18.9 Å². The highest BCUT2D eigenvalue weighted by molar-refractivity contribution is 7.47. The Morgan fingerprint density at radius 2 is 0.982 bits per heavy atom. The first kappa shape index (κ1) is 54.7. The van der Waals surface area contributed by atoms with Crippen molar-refractivity contribution < 1.29 is 37.3 Å². The van der Waals surface area contributed by atoms with Crippen molar-refractivity contribution in [2.24, 2.45) is 0 Å². The first-order valence-electron chi connectivity index (χ1n) is 23.2. The molecule has 2 atom stereocenters. The van der Waals surface area contributed by atoms with E-state index >= 15 is 0 Å². The lowest BCUT2D eigenvalue weighted by molar-refractivity contribution is -0.870. The third-order valence-electron chi connectivity index (χ3n) is 9.95. The van der Waals surface area contributed by atoms with E-state index in [1.165, 1.54) is 128 Å². The lowest BCUT2D eigenvalue weighted by atomic mass is 10.1. The van der Waals surface area contributed by atoms with E-state index in [0.717, 1.165) is 51.4 Å². The Bertz CT molecular complexity index is 994. The molecule has 0 aliphatic carbocycles. The molecule has 2 unspecified atom stereocenters. The number of nitrogens with zero attached hydrogens (tertiary/aromatic N) is 1. The number of phosphoric acid groups is 1. The molecule has 1 N–H and O–H groups in total. The molecule has 0 amide bonds. The van der Waals surface area contributed by atoms with Gasteiger partial charge in [0.15, 0.2) is 0 Å². The van der Waals surface area contributed by atoms with Gasteiger partial charge in [-0.25, -0.2) is 4.57 Å².